The van der Waals surface area contributed by atoms with Crippen molar-refractivity contribution >= 4 is 17.5 Å². The second kappa shape index (κ2) is 7.53. The number of hydrogen-bond acceptors (Lipinski definition) is 3. The lowest BCUT2D eigenvalue weighted by Gasteiger charge is -2.10. The van der Waals surface area contributed by atoms with Gasteiger partial charge in [-0.25, -0.2) is 0 Å². The summed E-state index contributed by atoms with van der Waals surface area (Å²) in [6.07, 6.45) is 1.24. The summed E-state index contributed by atoms with van der Waals surface area (Å²) in [5.74, 6) is 0.227. The van der Waals surface area contributed by atoms with E-state index < -0.39 is 0 Å². The number of hydrogen-bond donors (Lipinski definition) is 3. The first-order valence-corrected chi connectivity index (χ1v) is 6.74. The third-order valence-electron chi connectivity index (χ3n) is 2.88. The van der Waals surface area contributed by atoms with Gasteiger partial charge in [-0.3, -0.25) is 9.59 Å². The molecule has 1 aromatic carbocycles. The Morgan fingerprint density at radius 3 is 2.55 bits per heavy atom. The fraction of sp³-hybridized carbons (Fsp3) is 0.467. The van der Waals surface area contributed by atoms with Crippen molar-refractivity contribution in [2.24, 2.45) is 5.92 Å². The highest BCUT2D eigenvalue weighted by atomic mass is 16.3. The number of aromatic hydroxyl groups is 1. The summed E-state index contributed by atoms with van der Waals surface area (Å²) in [5.41, 5.74) is 1.40. The summed E-state index contributed by atoms with van der Waals surface area (Å²) >= 11 is 0. The average molecular weight is 278 g/mol. The number of rotatable bonds is 6. The number of aryl methyl sites for hydroxylation is 1. The van der Waals surface area contributed by atoms with Crippen LogP contribution in [0, 0.1) is 12.8 Å². The number of phenols is 1. The summed E-state index contributed by atoms with van der Waals surface area (Å²) < 4.78 is 0. The molecule has 0 atom stereocenters. The van der Waals surface area contributed by atoms with Gasteiger partial charge in [0.25, 0.3) is 0 Å². The molecule has 5 nitrogen and oxygen atoms in total. The molecular weight excluding hydrogens is 256 g/mol. The first kappa shape index (κ1) is 16.0. The lowest BCUT2D eigenvalue weighted by Crippen LogP contribution is -2.33. The third kappa shape index (κ3) is 5.73. The number of anilines is 1. The van der Waals surface area contributed by atoms with Crippen molar-refractivity contribution in [3.8, 4) is 5.75 Å². The number of carbonyl (C=O) groups excluding carboxylic acids is 2. The van der Waals surface area contributed by atoms with Gasteiger partial charge in [0.2, 0.25) is 11.8 Å². The van der Waals surface area contributed by atoms with Crippen LogP contribution < -0.4 is 10.6 Å². The quantitative estimate of drug-likeness (QED) is 0.698. The van der Waals surface area contributed by atoms with Gasteiger partial charge in [0.15, 0.2) is 0 Å². The minimum Gasteiger partial charge on any atom is -0.508 e. The molecule has 0 bridgehead atoms. The zero-order valence-corrected chi connectivity index (χ0v) is 12.2. The molecule has 0 aliphatic rings. The predicted octanol–water partition coefficient (Wildman–Crippen LogP) is 2.19. The summed E-state index contributed by atoms with van der Waals surface area (Å²) in [6.45, 7) is 5.84. The zero-order valence-electron chi connectivity index (χ0n) is 12.2. The van der Waals surface area contributed by atoms with E-state index in [1.54, 1.807) is 19.1 Å². The Labute approximate surface area is 119 Å². The highest BCUT2D eigenvalue weighted by Gasteiger charge is 2.08. The van der Waals surface area contributed by atoms with Crippen molar-refractivity contribution in [2.75, 3.05) is 11.9 Å². The van der Waals surface area contributed by atoms with Crippen LogP contribution in [0.15, 0.2) is 18.2 Å². The average Bonchev–Trinajstić information content (AvgIpc) is 2.37. The smallest absolute Gasteiger partial charge is 0.243 e. The van der Waals surface area contributed by atoms with Crippen molar-refractivity contribution in [1.29, 1.82) is 0 Å². The van der Waals surface area contributed by atoms with Crippen molar-refractivity contribution in [3.63, 3.8) is 0 Å². The lowest BCUT2D eigenvalue weighted by atomic mass is 10.1. The van der Waals surface area contributed by atoms with Crippen LogP contribution in [0.4, 0.5) is 5.69 Å². The molecule has 5 heteroatoms. The normalized spacial score (nSPS) is 10.4. The molecule has 1 rings (SSSR count). The Morgan fingerprint density at radius 1 is 1.25 bits per heavy atom. The maximum absolute atomic E-state index is 11.7. The van der Waals surface area contributed by atoms with E-state index in [1.807, 2.05) is 13.8 Å². The monoisotopic (exact) mass is 278 g/mol. The van der Waals surface area contributed by atoms with E-state index in [-0.39, 0.29) is 24.1 Å². The molecule has 0 aromatic heterocycles. The number of benzene rings is 1. The molecule has 3 N–H and O–H groups in total. The molecule has 0 radical (unpaired) electrons. The van der Waals surface area contributed by atoms with Crippen LogP contribution in [-0.4, -0.2) is 23.5 Å². The minimum absolute atomic E-state index is 0.0444. The zero-order chi connectivity index (χ0) is 15.1. The predicted molar refractivity (Wildman–Crippen MR) is 78.6 cm³/mol. The molecule has 0 heterocycles. The molecule has 0 aliphatic heterocycles. The van der Waals surface area contributed by atoms with Crippen LogP contribution in [0.25, 0.3) is 0 Å². The van der Waals surface area contributed by atoms with Crippen LogP contribution in [-0.2, 0) is 9.59 Å². The van der Waals surface area contributed by atoms with Crippen molar-refractivity contribution < 1.29 is 14.7 Å². The highest BCUT2D eigenvalue weighted by molar-refractivity contribution is 5.95. The van der Waals surface area contributed by atoms with Gasteiger partial charge in [-0.1, -0.05) is 13.8 Å². The van der Waals surface area contributed by atoms with Crippen LogP contribution in [0.3, 0.4) is 0 Å². The third-order valence-corrected chi connectivity index (χ3v) is 2.88. The summed E-state index contributed by atoms with van der Waals surface area (Å²) in [4.78, 5) is 23.2. The van der Waals surface area contributed by atoms with Gasteiger partial charge < -0.3 is 15.7 Å². The van der Waals surface area contributed by atoms with E-state index in [4.69, 9.17) is 0 Å². The van der Waals surface area contributed by atoms with Crippen molar-refractivity contribution in [1.82, 2.24) is 5.32 Å². The summed E-state index contributed by atoms with van der Waals surface area (Å²) in [6, 6.07) is 4.70. The Balaban J connectivity index is 2.38. The standard InChI is InChI=1S/C15H22N2O3/c1-10(2)4-7-14(19)16-9-15(20)17-13-6-5-12(18)8-11(13)3/h5-6,8,10,18H,4,7,9H2,1-3H3,(H,16,19)(H,17,20). The van der Waals surface area contributed by atoms with E-state index in [9.17, 15) is 14.7 Å². The maximum Gasteiger partial charge on any atom is 0.243 e. The Morgan fingerprint density at radius 2 is 1.95 bits per heavy atom. The second-order valence-corrected chi connectivity index (χ2v) is 5.26. The molecule has 110 valence electrons. The second-order valence-electron chi connectivity index (χ2n) is 5.26. The van der Waals surface area contributed by atoms with Gasteiger partial charge in [-0.05, 0) is 43.0 Å². The van der Waals surface area contributed by atoms with E-state index in [0.717, 1.165) is 12.0 Å². The summed E-state index contributed by atoms with van der Waals surface area (Å²) in [7, 11) is 0. The highest BCUT2D eigenvalue weighted by Crippen LogP contribution is 2.19. The molecule has 0 saturated heterocycles. The largest absolute Gasteiger partial charge is 0.508 e. The van der Waals surface area contributed by atoms with Crippen LogP contribution >= 0.6 is 0 Å². The van der Waals surface area contributed by atoms with Gasteiger partial charge in [0.1, 0.15) is 5.75 Å². The molecule has 2 amide bonds. The van der Waals surface area contributed by atoms with Crippen molar-refractivity contribution in [2.45, 2.75) is 33.6 Å². The molecule has 0 aliphatic carbocycles. The number of nitrogens with one attached hydrogen (secondary N) is 2. The molecule has 1 aromatic rings. The van der Waals surface area contributed by atoms with Gasteiger partial charge in [0.05, 0.1) is 6.54 Å². The minimum atomic E-state index is -0.281. The van der Waals surface area contributed by atoms with E-state index in [0.29, 0.717) is 18.0 Å². The summed E-state index contributed by atoms with van der Waals surface area (Å²) in [5, 5.41) is 14.6. The molecule has 0 fully saturated rings. The number of amides is 2. The van der Waals surface area contributed by atoms with E-state index in [1.165, 1.54) is 6.07 Å². The Hall–Kier alpha value is -2.04. The first-order valence-electron chi connectivity index (χ1n) is 6.74. The Kier molecular flexibility index (Phi) is 6.03. The Bertz CT molecular complexity index is 484. The molecular formula is C15H22N2O3. The molecule has 0 unspecified atom stereocenters. The van der Waals surface area contributed by atoms with E-state index in [2.05, 4.69) is 10.6 Å². The maximum atomic E-state index is 11.7. The fourth-order valence-electron chi connectivity index (χ4n) is 1.67. The van der Waals surface area contributed by atoms with Gasteiger partial charge >= 0.3 is 0 Å². The SMILES string of the molecule is Cc1cc(O)ccc1NC(=O)CNC(=O)CCC(C)C. The topological polar surface area (TPSA) is 78.4 Å². The lowest BCUT2D eigenvalue weighted by molar-refractivity contribution is -0.124. The molecule has 20 heavy (non-hydrogen) atoms. The van der Waals surface area contributed by atoms with Gasteiger partial charge in [-0.15, -0.1) is 0 Å². The van der Waals surface area contributed by atoms with Crippen LogP contribution in [0.1, 0.15) is 32.3 Å². The van der Waals surface area contributed by atoms with Crippen LogP contribution in [0.2, 0.25) is 0 Å². The fourth-order valence-corrected chi connectivity index (χ4v) is 1.67. The molecule has 0 saturated carbocycles. The molecule has 0 spiro atoms. The van der Waals surface area contributed by atoms with Gasteiger partial charge in [0, 0.05) is 12.1 Å². The van der Waals surface area contributed by atoms with Gasteiger partial charge in [-0.2, -0.15) is 0 Å². The first-order chi connectivity index (χ1) is 9.38. The van der Waals surface area contributed by atoms with Crippen LogP contribution in [0.5, 0.6) is 5.75 Å². The number of phenolic OH excluding ortho intramolecular Hbond substituents is 1. The number of carbonyl (C=O) groups is 2. The van der Waals surface area contributed by atoms with Crippen molar-refractivity contribution in [3.05, 3.63) is 23.8 Å². The van der Waals surface area contributed by atoms with E-state index >= 15 is 0 Å².